The Balaban J connectivity index is 2.02. The Bertz CT molecular complexity index is 436. The average Bonchev–Trinajstić information content (AvgIpc) is 2.84. The summed E-state index contributed by atoms with van der Waals surface area (Å²) in [6.45, 7) is 2.19. The Kier molecular flexibility index (Phi) is 4.36. The van der Waals surface area contributed by atoms with Crippen LogP contribution >= 0.6 is 0 Å². The number of quaternary nitrogens is 1. The van der Waals surface area contributed by atoms with Crippen molar-refractivity contribution in [2.24, 2.45) is 0 Å². The lowest BCUT2D eigenvalue weighted by atomic mass is 10.3. The molecule has 2 rings (SSSR count). The van der Waals surface area contributed by atoms with Crippen LogP contribution in [-0.2, 0) is 6.54 Å². The molecule has 1 aromatic carbocycles. The molecular formula is C14H19N2O+. The lowest BCUT2D eigenvalue weighted by Crippen LogP contribution is -2.82. The first-order chi connectivity index (χ1) is 8.42. The number of aliphatic hydroxyl groups is 1. The summed E-state index contributed by atoms with van der Waals surface area (Å²) in [5.74, 6) is 0. The highest BCUT2D eigenvalue weighted by Crippen LogP contribution is 2.11. The molecule has 0 bridgehead atoms. The molecule has 3 heteroatoms. The molecule has 0 spiro atoms. The van der Waals surface area contributed by atoms with Gasteiger partial charge in [0.25, 0.3) is 0 Å². The van der Waals surface area contributed by atoms with Gasteiger partial charge in [0, 0.05) is 24.9 Å². The molecule has 2 aromatic rings. The standard InChI is InChI=1S/C14H18N2O/c17-11-5-9-15-12-14-8-4-10-16(14)13-6-2-1-3-7-13/h1-4,6-8,10,15,17H,5,9,11-12H2/p+1. The molecule has 3 N–H and O–H groups in total. The minimum absolute atomic E-state index is 0.274. The van der Waals surface area contributed by atoms with E-state index in [4.69, 9.17) is 5.11 Å². The van der Waals surface area contributed by atoms with Gasteiger partial charge in [-0.1, -0.05) is 18.2 Å². The highest BCUT2D eigenvalue weighted by molar-refractivity contribution is 5.34. The van der Waals surface area contributed by atoms with E-state index in [0.717, 1.165) is 19.5 Å². The molecule has 0 aliphatic rings. The van der Waals surface area contributed by atoms with E-state index < -0.39 is 0 Å². The zero-order chi connectivity index (χ0) is 11.9. The van der Waals surface area contributed by atoms with Crippen molar-refractivity contribution in [1.82, 2.24) is 4.57 Å². The van der Waals surface area contributed by atoms with Gasteiger partial charge in [-0.05, 0) is 24.3 Å². The minimum Gasteiger partial charge on any atom is -0.396 e. The van der Waals surface area contributed by atoms with E-state index in [-0.39, 0.29) is 6.61 Å². The molecule has 0 fully saturated rings. The van der Waals surface area contributed by atoms with Gasteiger partial charge in [0.05, 0.1) is 12.2 Å². The second-order valence-corrected chi connectivity index (χ2v) is 4.06. The number of aliphatic hydroxyl groups excluding tert-OH is 1. The van der Waals surface area contributed by atoms with Crippen molar-refractivity contribution in [3.63, 3.8) is 0 Å². The number of para-hydroxylation sites is 1. The lowest BCUT2D eigenvalue weighted by Gasteiger charge is -2.08. The van der Waals surface area contributed by atoms with Crippen LogP contribution in [0.25, 0.3) is 5.69 Å². The van der Waals surface area contributed by atoms with Crippen LogP contribution in [0.5, 0.6) is 0 Å². The zero-order valence-corrected chi connectivity index (χ0v) is 9.92. The molecule has 90 valence electrons. The van der Waals surface area contributed by atoms with Crippen molar-refractivity contribution in [3.8, 4) is 5.69 Å². The number of hydrogen-bond acceptors (Lipinski definition) is 1. The van der Waals surface area contributed by atoms with Crippen molar-refractivity contribution in [3.05, 3.63) is 54.4 Å². The second kappa shape index (κ2) is 6.23. The summed E-state index contributed by atoms with van der Waals surface area (Å²) in [6.07, 6.45) is 2.94. The number of nitrogens with zero attached hydrogens (tertiary/aromatic N) is 1. The fourth-order valence-electron chi connectivity index (χ4n) is 1.91. The molecule has 0 aliphatic heterocycles. The van der Waals surface area contributed by atoms with E-state index in [9.17, 15) is 0 Å². The molecular weight excluding hydrogens is 212 g/mol. The Morgan fingerprint density at radius 3 is 2.65 bits per heavy atom. The van der Waals surface area contributed by atoms with Gasteiger partial charge < -0.3 is 15.0 Å². The van der Waals surface area contributed by atoms with Gasteiger partial charge >= 0.3 is 0 Å². The summed E-state index contributed by atoms with van der Waals surface area (Å²) >= 11 is 0. The maximum atomic E-state index is 8.73. The van der Waals surface area contributed by atoms with E-state index in [1.165, 1.54) is 11.4 Å². The molecule has 0 atom stereocenters. The van der Waals surface area contributed by atoms with Crippen LogP contribution in [0.15, 0.2) is 48.7 Å². The molecule has 0 saturated carbocycles. The second-order valence-electron chi connectivity index (χ2n) is 4.06. The van der Waals surface area contributed by atoms with E-state index in [1.807, 2.05) is 6.07 Å². The fraction of sp³-hybridized carbons (Fsp3) is 0.286. The van der Waals surface area contributed by atoms with E-state index in [1.54, 1.807) is 0 Å². The largest absolute Gasteiger partial charge is 0.396 e. The zero-order valence-electron chi connectivity index (χ0n) is 9.92. The smallest absolute Gasteiger partial charge is 0.117 e. The molecule has 0 radical (unpaired) electrons. The highest BCUT2D eigenvalue weighted by atomic mass is 16.3. The van der Waals surface area contributed by atoms with Gasteiger partial charge in [-0.2, -0.15) is 0 Å². The maximum absolute atomic E-state index is 8.73. The topological polar surface area (TPSA) is 41.8 Å². The predicted molar refractivity (Wildman–Crippen MR) is 68.0 cm³/mol. The Morgan fingerprint density at radius 1 is 1.06 bits per heavy atom. The molecule has 3 nitrogen and oxygen atoms in total. The summed E-state index contributed by atoms with van der Waals surface area (Å²) in [6, 6.07) is 14.6. The fourth-order valence-corrected chi connectivity index (χ4v) is 1.91. The van der Waals surface area contributed by atoms with E-state index in [2.05, 4.69) is 52.5 Å². The first-order valence-electron chi connectivity index (χ1n) is 6.06. The first kappa shape index (κ1) is 11.9. The van der Waals surface area contributed by atoms with Gasteiger partial charge in [0.1, 0.15) is 6.54 Å². The normalized spacial score (nSPS) is 10.6. The third-order valence-corrected chi connectivity index (χ3v) is 2.79. The summed E-state index contributed by atoms with van der Waals surface area (Å²) in [7, 11) is 0. The predicted octanol–water partition coefficient (Wildman–Crippen LogP) is 0.923. The summed E-state index contributed by atoms with van der Waals surface area (Å²) in [4.78, 5) is 0. The summed E-state index contributed by atoms with van der Waals surface area (Å²) < 4.78 is 2.20. The number of nitrogens with two attached hydrogens (primary N) is 1. The molecule has 0 saturated heterocycles. The van der Waals surface area contributed by atoms with Crippen LogP contribution in [0.3, 0.4) is 0 Å². The molecule has 0 amide bonds. The minimum atomic E-state index is 0.274. The van der Waals surface area contributed by atoms with Crippen molar-refractivity contribution >= 4 is 0 Å². The molecule has 0 unspecified atom stereocenters. The maximum Gasteiger partial charge on any atom is 0.117 e. The van der Waals surface area contributed by atoms with Gasteiger partial charge in [0.2, 0.25) is 0 Å². The highest BCUT2D eigenvalue weighted by Gasteiger charge is 2.03. The average molecular weight is 231 g/mol. The van der Waals surface area contributed by atoms with Crippen LogP contribution in [0, 0.1) is 0 Å². The van der Waals surface area contributed by atoms with Crippen molar-refractivity contribution in [2.45, 2.75) is 13.0 Å². The van der Waals surface area contributed by atoms with Crippen LogP contribution in [0.4, 0.5) is 0 Å². The van der Waals surface area contributed by atoms with Gasteiger partial charge in [-0.15, -0.1) is 0 Å². The first-order valence-corrected chi connectivity index (χ1v) is 6.06. The van der Waals surface area contributed by atoms with Gasteiger partial charge in [0.15, 0.2) is 0 Å². The quantitative estimate of drug-likeness (QED) is 0.713. The number of hydrogen-bond donors (Lipinski definition) is 2. The van der Waals surface area contributed by atoms with Crippen molar-refractivity contribution < 1.29 is 10.4 Å². The van der Waals surface area contributed by atoms with E-state index >= 15 is 0 Å². The van der Waals surface area contributed by atoms with Gasteiger partial charge in [-0.25, -0.2) is 0 Å². The lowest BCUT2D eigenvalue weighted by molar-refractivity contribution is -0.671. The molecule has 1 heterocycles. The number of rotatable bonds is 6. The van der Waals surface area contributed by atoms with Crippen molar-refractivity contribution in [2.75, 3.05) is 13.2 Å². The van der Waals surface area contributed by atoms with Crippen LogP contribution < -0.4 is 5.32 Å². The van der Waals surface area contributed by atoms with Crippen LogP contribution in [0.1, 0.15) is 12.1 Å². The molecule has 0 aliphatic carbocycles. The summed E-state index contributed by atoms with van der Waals surface area (Å²) in [5.41, 5.74) is 2.48. The SMILES string of the molecule is OCCC[NH2+]Cc1cccn1-c1ccccc1. The summed E-state index contributed by atoms with van der Waals surface area (Å²) in [5, 5.41) is 11.0. The van der Waals surface area contributed by atoms with Crippen LogP contribution in [-0.4, -0.2) is 22.8 Å². The van der Waals surface area contributed by atoms with Crippen LogP contribution in [0.2, 0.25) is 0 Å². The Labute approximate surface area is 102 Å². The number of aromatic nitrogens is 1. The van der Waals surface area contributed by atoms with Gasteiger partial charge in [-0.3, -0.25) is 0 Å². The van der Waals surface area contributed by atoms with Crippen molar-refractivity contribution in [1.29, 1.82) is 0 Å². The Hall–Kier alpha value is -1.58. The molecule has 17 heavy (non-hydrogen) atoms. The van der Waals surface area contributed by atoms with E-state index in [0.29, 0.717) is 0 Å². The third-order valence-electron chi connectivity index (χ3n) is 2.79. The molecule has 1 aromatic heterocycles. The monoisotopic (exact) mass is 231 g/mol. The third kappa shape index (κ3) is 3.19. The number of benzene rings is 1. The Morgan fingerprint density at radius 2 is 1.88 bits per heavy atom.